The predicted molar refractivity (Wildman–Crippen MR) is 75.1 cm³/mol. The molecule has 1 unspecified atom stereocenters. The molecule has 1 heterocycles. The number of nitrogens with one attached hydrogen (secondary N) is 1. The van der Waals surface area contributed by atoms with Crippen molar-refractivity contribution in [3.63, 3.8) is 0 Å². The first-order chi connectivity index (χ1) is 7.66. The molecule has 0 aromatic carbocycles. The van der Waals surface area contributed by atoms with Crippen LogP contribution in [0.5, 0.6) is 0 Å². The summed E-state index contributed by atoms with van der Waals surface area (Å²) in [4.78, 5) is 1.47. The Morgan fingerprint density at radius 2 is 2.19 bits per heavy atom. The summed E-state index contributed by atoms with van der Waals surface area (Å²) in [6.45, 7) is 5.78. The van der Waals surface area contributed by atoms with E-state index in [2.05, 4.69) is 47.2 Å². The Kier molecular flexibility index (Phi) is 4.45. The van der Waals surface area contributed by atoms with Crippen molar-refractivity contribution in [2.75, 3.05) is 6.54 Å². The molecular formula is C13H20BrNS. The molecule has 0 spiro atoms. The number of hydrogen-bond acceptors (Lipinski definition) is 2. The van der Waals surface area contributed by atoms with E-state index < -0.39 is 0 Å². The van der Waals surface area contributed by atoms with Gasteiger partial charge in [0, 0.05) is 17.5 Å². The van der Waals surface area contributed by atoms with Gasteiger partial charge in [0.2, 0.25) is 0 Å². The summed E-state index contributed by atoms with van der Waals surface area (Å²) in [7, 11) is 0. The summed E-state index contributed by atoms with van der Waals surface area (Å²) in [5, 5.41) is 3.73. The Bertz CT molecular complexity index is 328. The third-order valence-electron chi connectivity index (χ3n) is 3.23. The number of hydrogen-bond donors (Lipinski definition) is 1. The van der Waals surface area contributed by atoms with Crippen molar-refractivity contribution in [1.29, 1.82) is 0 Å². The van der Waals surface area contributed by atoms with Crippen molar-refractivity contribution in [2.45, 2.75) is 39.2 Å². The van der Waals surface area contributed by atoms with Crippen molar-refractivity contribution in [3.05, 3.63) is 20.8 Å². The van der Waals surface area contributed by atoms with Crippen molar-refractivity contribution in [2.24, 2.45) is 11.8 Å². The SMILES string of the molecule is CC(C)C(NCCc1ccc(Br)s1)C1CC1. The second-order valence-corrected chi connectivity index (χ2v) is 7.56. The summed E-state index contributed by atoms with van der Waals surface area (Å²) in [6, 6.07) is 5.10. The first kappa shape index (κ1) is 12.6. The molecule has 1 aliphatic carbocycles. The molecule has 1 atom stereocenters. The van der Waals surface area contributed by atoms with Gasteiger partial charge in [-0.05, 0) is 59.2 Å². The summed E-state index contributed by atoms with van der Waals surface area (Å²) in [5.41, 5.74) is 0. The van der Waals surface area contributed by atoms with Crippen molar-refractivity contribution >= 4 is 27.3 Å². The van der Waals surface area contributed by atoms with E-state index in [0.29, 0.717) is 0 Å². The lowest BCUT2D eigenvalue weighted by molar-refractivity contribution is 0.363. The number of thiophene rings is 1. The van der Waals surface area contributed by atoms with Crippen LogP contribution in [0.1, 0.15) is 31.6 Å². The van der Waals surface area contributed by atoms with Gasteiger partial charge in [-0.1, -0.05) is 13.8 Å². The van der Waals surface area contributed by atoms with Crippen LogP contribution in [0.15, 0.2) is 15.9 Å². The average molecular weight is 302 g/mol. The van der Waals surface area contributed by atoms with Gasteiger partial charge in [-0.2, -0.15) is 0 Å². The van der Waals surface area contributed by atoms with E-state index in [9.17, 15) is 0 Å². The van der Waals surface area contributed by atoms with Gasteiger partial charge < -0.3 is 5.32 Å². The van der Waals surface area contributed by atoms with Gasteiger partial charge in [-0.25, -0.2) is 0 Å². The monoisotopic (exact) mass is 301 g/mol. The molecule has 90 valence electrons. The lowest BCUT2D eigenvalue weighted by Gasteiger charge is -2.21. The molecule has 1 nitrogen and oxygen atoms in total. The molecule has 1 aliphatic rings. The number of halogens is 1. The standard InChI is InChI=1S/C13H20BrNS/c1-9(2)13(10-3-4-10)15-8-7-11-5-6-12(14)16-11/h5-6,9-10,13,15H,3-4,7-8H2,1-2H3. The topological polar surface area (TPSA) is 12.0 Å². The van der Waals surface area contributed by atoms with Crippen LogP contribution in [0.25, 0.3) is 0 Å². The smallest absolute Gasteiger partial charge is 0.0701 e. The van der Waals surface area contributed by atoms with Gasteiger partial charge in [-0.15, -0.1) is 11.3 Å². The Balaban J connectivity index is 1.74. The molecule has 1 aromatic heterocycles. The summed E-state index contributed by atoms with van der Waals surface area (Å²) in [5.74, 6) is 1.72. The molecule has 1 aromatic rings. The Hall–Kier alpha value is 0.140. The Labute approximate surface area is 111 Å². The maximum Gasteiger partial charge on any atom is 0.0701 e. The maximum absolute atomic E-state index is 3.73. The van der Waals surface area contributed by atoms with Crippen LogP contribution in [-0.2, 0) is 6.42 Å². The molecule has 1 fully saturated rings. The van der Waals surface area contributed by atoms with Crippen molar-refractivity contribution < 1.29 is 0 Å². The van der Waals surface area contributed by atoms with Gasteiger partial charge >= 0.3 is 0 Å². The van der Waals surface area contributed by atoms with Gasteiger partial charge in [0.25, 0.3) is 0 Å². The lowest BCUT2D eigenvalue weighted by Crippen LogP contribution is -2.36. The molecule has 0 saturated heterocycles. The molecule has 1 saturated carbocycles. The second-order valence-electron chi connectivity index (χ2n) is 5.02. The fourth-order valence-corrected chi connectivity index (χ4v) is 3.73. The lowest BCUT2D eigenvalue weighted by atomic mass is 9.99. The van der Waals surface area contributed by atoms with Crippen molar-refractivity contribution in [1.82, 2.24) is 5.32 Å². The van der Waals surface area contributed by atoms with Crippen LogP contribution in [0, 0.1) is 11.8 Å². The fraction of sp³-hybridized carbons (Fsp3) is 0.692. The molecule has 16 heavy (non-hydrogen) atoms. The molecule has 1 N–H and O–H groups in total. The van der Waals surface area contributed by atoms with Crippen LogP contribution in [0.2, 0.25) is 0 Å². The van der Waals surface area contributed by atoms with Crippen LogP contribution < -0.4 is 5.32 Å². The van der Waals surface area contributed by atoms with Gasteiger partial charge in [0.1, 0.15) is 0 Å². The van der Waals surface area contributed by atoms with Gasteiger partial charge in [-0.3, -0.25) is 0 Å². The molecule has 0 aliphatic heterocycles. The van der Waals surface area contributed by atoms with E-state index >= 15 is 0 Å². The first-order valence-corrected chi connectivity index (χ1v) is 7.75. The van der Waals surface area contributed by atoms with E-state index in [4.69, 9.17) is 0 Å². The van der Waals surface area contributed by atoms with E-state index in [1.165, 1.54) is 21.5 Å². The molecule has 0 radical (unpaired) electrons. The summed E-state index contributed by atoms with van der Waals surface area (Å²) >= 11 is 5.36. The predicted octanol–water partition coefficient (Wildman–Crippen LogP) is 4.08. The highest BCUT2D eigenvalue weighted by atomic mass is 79.9. The molecule has 0 amide bonds. The molecule has 0 bridgehead atoms. The van der Waals surface area contributed by atoms with Gasteiger partial charge in [0.05, 0.1) is 3.79 Å². The fourth-order valence-electron chi connectivity index (χ4n) is 2.25. The summed E-state index contributed by atoms with van der Waals surface area (Å²) < 4.78 is 1.24. The van der Waals surface area contributed by atoms with Crippen LogP contribution in [0.4, 0.5) is 0 Å². The summed E-state index contributed by atoms with van der Waals surface area (Å²) in [6.07, 6.45) is 4.02. The van der Waals surface area contributed by atoms with Crippen LogP contribution in [-0.4, -0.2) is 12.6 Å². The average Bonchev–Trinajstić information content (AvgIpc) is 2.97. The zero-order valence-corrected chi connectivity index (χ0v) is 12.4. The van der Waals surface area contributed by atoms with Crippen LogP contribution in [0.3, 0.4) is 0 Å². The van der Waals surface area contributed by atoms with Crippen molar-refractivity contribution in [3.8, 4) is 0 Å². The zero-order chi connectivity index (χ0) is 11.5. The minimum Gasteiger partial charge on any atom is -0.313 e. The van der Waals surface area contributed by atoms with Crippen LogP contribution >= 0.6 is 27.3 Å². The third kappa shape index (κ3) is 3.57. The molecular weight excluding hydrogens is 282 g/mol. The zero-order valence-electron chi connectivity index (χ0n) is 10.0. The Morgan fingerprint density at radius 1 is 1.44 bits per heavy atom. The molecule has 2 rings (SSSR count). The molecule has 3 heteroatoms. The van der Waals surface area contributed by atoms with Gasteiger partial charge in [0.15, 0.2) is 0 Å². The second kappa shape index (κ2) is 5.65. The number of rotatable bonds is 6. The largest absolute Gasteiger partial charge is 0.313 e. The third-order valence-corrected chi connectivity index (χ3v) is 4.91. The van der Waals surface area contributed by atoms with E-state index in [1.807, 2.05) is 11.3 Å². The minimum atomic E-state index is 0.739. The highest BCUT2D eigenvalue weighted by Gasteiger charge is 2.32. The highest BCUT2D eigenvalue weighted by Crippen LogP contribution is 2.35. The normalized spacial score (nSPS) is 18.0. The minimum absolute atomic E-state index is 0.739. The van der Waals surface area contributed by atoms with E-state index in [0.717, 1.165) is 30.8 Å². The maximum atomic E-state index is 3.73. The van der Waals surface area contributed by atoms with E-state index in [-0.39, 0.29) is 0 Å². The first-order valence-electron chi connectivity index (χ1n) is 6.14. The van der Waals surface area contributed by atoms with E-state index in [1.54, 1.807) is 0 Å². The Morgan fingerprint density at radius 3 is 2.69 bits per heavy atom. The highest BCUT2D eigenvalue weighted by molar-refractivity contribution is 9.11. The quantitative estimate of drug-likeness (QED) is 0.835.